The van der Waals surface area contributed by atoms with E-state index in [0.29, 0.717) is 18.4 Å². The van der Waals surface area contributed by atoms with Gasteiger partial charge in [-0.15, -0.1) is 0 Å². The van der Waals surface area contributed by atoms with Gasteiger partial charge in [-0.3, -0.25) is 4.79 Å². The van der Waals surface area contributed by atoms with E-state index in [2.05, 4.69) is 21.2 Å². The van der Waals surface area contributed by atoms with Crippen LogP contribution in [0, 0.1) is 12.3 Å². The van der Waals surface area contributed by atoms with Gasteiger partial charge in [0.1, 0.15) is 5.75 Å². The summed E-state index contributed by atoms with van der Waals surface area (Å²) in [4.78, 5) is 11.8. The van der Waals surface area contributed by atoms with Gasteiger partial charge in [-0.1, -0.05) is 28.1 Å². The van der Waals surface area contributed by atoms with Crippen LogP contribution in [0.15, 0.2) is 24.3 Å². The molecule has 20 heavy (non-hydrogen) atoms. The van der Waals surface area contributed by atoms with Crippen molar-refractivity contribution in [2.24, 2.45) is 5.41 Å². The van der Waals surface area contributed by atoms with E-state index < -0.39 is 0 Å². The number of carbonyl (C=O) groups is 1. The van der Waals surface area contributed by atoms with E-state index in [9.17, 15) is 4.79 Å². The summed E-state index contributed by atoms with van der Waals surface area (Å²) in [6.07, 6.45) is 4.03. The third kappa shape index (κ3) is 4.82. The fourth-order valence-corrected chi connectivity index (χ4v) is 3.07. The Morgan fingerprint density at radius 2 is 2.25 bits per heavy atom. The average Bonchev–Trinajstić information content (AvgIpc) is 3.17. The number of amides is 1. The number of hydrogen-bond donors (Lipinski definition) is 1. The SMILES string of the molecule is Cc1cccc(OCCC(=O)NCC2(CCBr)CC2)c1. The van der Waals surface area contributed by atoms with E-state index in [1.54, 1.807) is 0 Å². The number of halogens is 1. The first kappa shape index (κ1) is 15.4. The molecular weight excluding hydrogens is 318 g/mol. The molecule has 1 N–H and O–H groups in total. The lowest BCUT2D eigenvalue weighted by molar-refractivity contribution is -0.121. The lowest BCUT2D eigenvalue weighted by Crippen LogP contribution is -2.31. The highest BCUT2D eigenvalue weighted by Gasteiger charge is 2.41. The molecule has 0 spiro atoms. The molecule has 0 saturated heterocycles. The van der Waals surface area contributed by atoms with Crippen LogP contribution in [0.4, 0.5) is 0 Å². The quantitative estimate of drug-likeness (QED) is 0.736. The highest BCUT2D eigenvalue weighted by atomic mass is 79.9. The maximum atomic E-state index is 11.8. The number of aryl methyl sites for hydroxylation is 1. The smallest absolute Gasteiger partial charge is 0.223 e. The Hall–Kier alpha value is -1.03. The standard InChI is InChI=1S/C16H22BrNO2/c1-13-3-2-4-14(11-13)20-10-5-15(19)18-12-16(6-7-16)8-9-17/h2-4,11H,5-10,12H2,1H3,(H,18,19). The summed E-state index contributed by atoms with van der Waals surface area (Å²) in [6.45, 7) is 3.27. The van der Waals surface area contributed by atoms with E-state index >= 15 is 0 Å². The highest BCUT2D eigenvalue weighted by Crippen LogP contribution is 2.48. The molecule has 4 heteroatoms. The Kier molecular flexibility index (Phi) is 5.46. The zero-order valence-corrected chi connectivity index (χ0v) is 13.5. The summed E-state index contributed by atoms with van der Waals surface area (Å²) in [6, 6.07) is 7.88. The fourth-order valence-electron chi connectivity index (χ4n) is 2.23. The number of hydrogen-bond acceptors (Lipinski definition) is 2. The van der Waals surface area contributed by atoms with Gasteiger partial charge in [-0.05, 0) is 49.3 Å². The van der Waals surface area contributed by atoms with Crippen molar-refractivity contribution < 1.29 is 9.53 Å². The molecule has 1 aromatic rings. The van der Waals surface area contributed by atoms with Crippen LogP contribution in [0.3, 0.4) is 0 Å². The van der Waals surface area contributed by atoms with E-state index in [1.807, 2.05) is 31.2 Å². The van der Waals surface area contributed by atoms with Crippen LogP contribution >= 0.6 is 15.9 Å². The molecule has 0 atom stereocenters. The predicted octanol–water partition coefficient (Wildman–Crippen LogP) is 3.45. The molecule has 1 aromatic carbocycles. The molecule has 0 aliphatic heterocycles. The van der Waals surface area contributed by atoms with Crippen molar-refractivity contribution >= 4 is 21.8 Å². The van der Waals surface area contributed by atoms with E-state index in [-0.39, 0.29) is 5.91 Å². The molecule has 0 heterocycles. The van der Waals surface area contributed by atoms with E-state index in [4.69, 9.17) is 4.74 Å². The monoisotopic (exact) mass is 339 g/mol. The molecule has 1 saturated carbocycles. The first-order valence-electron chi connectivity index (χ1n) is 7.16. The van der Waals surface area contributed by atoms with Crippen LogP contribution in [0.1, 0.15) is 31.2 Å². The van der Waals surface area contributed by atoms with Crippen molar-refractivity contribution in [2.75, 3.05) is 18.5 Å². The topological polar surface area (TPSA) is 38.3 Å². The van der Waals surface area contributed by atoms with E-state index in [0.717, 1.165) is 29.6 Å². The van der Waals surface area contributed by atoms with Crippen molar-refractivity contribution in [3.8, 4) is 5.75 Å². The zero-order chi connectivity index (χ0) is 14.4. The summed E-state index contributed by atoms with van der Waals surface area (Å²) in [7, 11) is 0. The fraction of sp³-hybridized carbons (Fsp3) is 0.562. The molecule has 1 fully saturated rings. The lowest BCUT2D eigenvalue weighted by atomic mass is 10.0. The van der Waals surface area contributed by atoms with Gasteiger partial charge >= 0.3 is 0 Å². The first-order chi connectivity index (χ1) is 9.63. The molecule has 0 bridgehead atoms. The number of alkyl halides is 1. The van der Waals surface area contributed by atoms with Crippen molar-refractivity contribution in [3.63, 3.8) is 0 Å². The molecule has 110 valence electrons. The van der Waals surface area contributed by atoms with Crippen molar-refractivity contribution in [2.45, 2.75) is 32.6 Å². The summed E-state index contributed by atoms with van der Waals surface area (Å²) < 4.78 is 5.58. The molecule has 1 aliphatic carbocycles. The Morgan fingerprint density at radius 3 is 2.90 bits per heavy atom. The average molecular weight is 340 g/mol. The zero-order valence-electron chi connectivity index (χ0n) is 12.0. The lowest BCUT2D eigenvalue weighted by Gasteiger charge is -2.14. The first-order valence-corrected chi connectivity index (χ1v) is 8.28. The van der Waals surface area contributed by atoms with Crippen LogP contribution in [0.2, 0.25) is 0 Å². The van der Waals surface area contributed by atoms with Gasteiger partial charge < -0.3 is 10.1 Å². The molecule has 0 aromatic heterocycles. The number of rotatable bonds is 8. The van der Waals surface area contributed by atoms with Crippen LogP contribution in [0.5, 0.6) is 5.75 Å². The van der Waals surface area contributed by atoms with Gasteiger partial charge in [0.05, 0.1) is 13.0 Å². The predicted molar refractivity (Wildman–Crippen MR) is 84.4 cm³/mol. The third-order valence-electron chi connectivity index (χ3n) is 3.83. The Morgan fingerprint density at radius 1 is 1.45 bits per heavy atom. The molecule has 3 nitrogen and oxygen atoms in total. The minimum absolute atomic E-state index is 0.0819. The largest absolute Gasteiger partial charge is 0.493 e. The summed E-state index contributed by atoms with van der Waals surface area (Å²) in [5, 5.41) is 4.04. The van der Waals surface area contributed by atoms with E-state index in [1.165, 1.54) is 12.8 Å². The Labute approximate surface area is 129 Å². The minimum Gasteiger partial charge on any atom is -0.493 e. The minimum atomic E-state index is 0.0819. The van der Waals surface area contributed by atoms with Crippen LogP contribution in [-0.4, -0.2) is 24.4 Å². The second kappa shape index (κ2) is 7.11. The molecule has 0 radical (unpaired) electrons. The second-order valence-corrected chi connectivity index (χ2v) is 6.42. The van der Waals surface area contributed by atoms with Gasteiger partial charge in [-0.25, -0.2) is 0 Å². The normalized spacial score (nSPS) is 15.7. The maximum absolute atomic E-state index is 11.8. The van der Waals surface area contributed by atoms with Crippen LogP contribution < -0.4 is 10.1 Å². The van der Waals surface area contributed by atoms with Crippen molar-refractivity contribution in [1.82, 2.24) is 5.32 Å². The van der Waals surface area contributed by atoms with Crippen LogP contribution in [-0.2, 0) is 4.79 Å². The van der Waals surface area contributed by atoms with Gasteiger partial charge in [0.2, 0.25) is 5.91 Å². The van der Waals surface area contributed by atoms with Gasteiger partial charge in [0.15, 0.2) is 0 Å². The number of nitrogens with one attached hydrogen (secondary N) is 1. The van der Waals surface area contributed by atoms with Crippen molar-refractivity contribution in [3.05, 3.63) is 29.8 Å². The van der Waals surface area contributed by atoms with Gasteiger partial charge in [0, 0.05) is 11.9 Å². The number of carbonyl (C=O) groups excluding carboxylic acids is 1. The molecule has 0 unspecified atom stereocenters. The molecular formula is C16H22BrNO2. The number of ether oxygens (including phenoxy) is 1. The molecule has 1 amide bonds. The third-order valence-corrected chi connectivity index (χ3v) is 4.23. The molecule has 1 aliphatic rings. The Bertz CT molecular complexity index is 458. The Balaban J connectivity index is 1.63. The summed E-state index contributed by atoms with van der Waals surface area (Å²) in [5.41, 5.74) is 1.54. The van der Waals surface area contributed by atoms with Crippen LogP contribution in [0.25, 0.3) is 0 Å². The maximum Gasteiger partial charge on any atom is 0.223 e. The highest BCUT2D eigenvalue weighted by molar-refractivity contribution is 9.09. The summed E-state index contributed by atoms with van der Waals surface area (Å²) >= 11 is 3.47. The van der Waals surface area contributed by atoms with Gasteiger partial charge in [-0.2, -0.15) is 0 Å². The molecule has 2 rings (SSSR count). The summed E-state index contributed by atoms with van der Waals surface area (Å²) in [5.74, 6) is 0.911. The number of benzene rings is 1. The van der Waals surface area contributed by atoms with Crippen molar-refractivity contribution in [1.29, 1.82) is 0 Å². The second-order valence-electron chi connectivity index (χ2n) is 5.63. The van der Waals surface area contributed by atoms with Gasteiger partial charge in [0.25, 0.3) is 0 Å².